The van der Waals surface area contributed by atoms with Crippen LogP contribution in [0, 0.1) is 0 Å². The van der Waals surface area contributed by atoms with Gasteiger partial charge < -0.3 is 10.6 Å². The van der Waals surface area contributed by atoms with Crippen LogP contribution in [0.25, 0.3) is 11.1 Å². The average Bonchev–Trinajstić information content (AvgIpc) is 2.29. The van der Waals surface area contributed by atoms with E-state index in [1.54, 1.807) is 0 Å². The maximum absolute atomic E-state index is 6.16. The summed E-state index contributed by atoms with van der Waals surface area (Å²) >= 11 is 6.16. The summed E-state index contributed by atoms with van der Waals surface area (Å²) in [5, 5.41) is 0.368. The predicted octanol–water partition coefficient (Wildman–Crippen LogP) is 2.45. The van der Waals surface area contributed by atoms with Crippen LogP contribution in [-0.2, 0) is 0 Å². The van der Waals surface area contributed by atoms with Gasteiger partial charge in [0.25, 0.3) is 0 Å². The van der Waals surface area contributed by atoms with Crippen molar-refractivity contribution in [2.45, 2.75) is 0 Å². The number of hydrogen-bond donors (Lipinski definition) is 1. The Bertz CT molecular complexity index is 526. The topological polar surface area (TPSA) is 55.0 Å². The highest BCUT2D eigenvalue weighted by atomic mass is 35.5. The molecule has 0 saturated heterocycles. The van der Waals surface area contributed by atoms with Crippen LogP contribution in [0.1, 0.15) is 0 Å². The van der Waals surface area contributed by atoms with Gasteiger partial charge in [0, 0.05) is 14.1 Å². The van der Waals surface area contributed by atoms with Crippen LogP contribution in [0.15, 0.2) is 30.3 Å². The highest BCUT2D eigenvalue weighted by molar-refractivity contribution is 6.32. The van der Waals surface area contributed by atoms with Gasteiger partial charge in [-0.15, -0.1) is 0 Å². The monoisotopic (exact) mass is 248 g/mol. The van der Waals surface area contributed by atoms with Crippen molar-refractivity contribution in [3.63, 3.8) is 0 Å². The molecule has 1 aromatic carbocycles. The van der Waals surface area contributed by atoms with Gasteiger partial charge in [0.2, 0.25) is 5.95 Å². The molecular weight excluding hydrogens is 236 g/mol. The van der Waals surface area contributed by atoms with Gasteiger partial charge in [0.05, 0.1) is 5.56 Å². The fraction of sp³-hybridized carbons (Fsp3) is 0.167. The molecule has 1 heterocycles. The molecule has 5 heteroatoms. The molecule has 0 radical (unpaired) electrons. The summed E-state index contributed by atoms with van der Waals surface area (Å²) < 4.78 is 0. The molecule has 1 aromatic heterocycles. The number of nitrogens with zero attached hydrogens (tertiary/aromatic N) is 3. The molecule has 0 atom stereocenters. The minimum Gasteiger partial charge on any atom is -0.368 e. The second-order valence-electron chi connectivity index (χ2n) is 3.83. The first-order valence-electron chi connectivity index (χ1n) is 5.15. The first-order valence-corrected chi connectivity index (χ1v) is 5.53. The third kappa shape index (κ3) is 2.31. The molecule has 0 aliphatic rings. The first-order chi connectivity index (χ1) is 8.09. The number of rotatable bonds is 2. The Morgan fingerprint density at radius 1 is 1.12 bits per heavy atom. The summed E-state index contributed by atoms with van der Waals surface area (Å²) in [5.74, 6) is 0.895. The zero-order valence-corrected chi connectivity index (χ0v) is 10.4. The molecular formula is C12H13ClN4. The molecule has 2 N–H and O–H groups in total. The van der Waals surface area contributed by atoms with Gasteiger partial charge in [-0.05, 0) is 5.56 Å². The van der Waals surface area contributed by atoms with Gasteiger partial charge in [-0.3, -0.25) is 0 Å². The zero-order valence-electron chi connectivity index (χ0n) is 9.68. The maximum Gasteiger partial charge on any atom is 0.223 e. The fourth-order valence-corrected chi connectivity index (χ4v) is 1.89. The zero-order chi connectivity index (χ0) is 12.4. The van der Waals surface area contributed by atoms with Crippen LogP contribution < -0.4 is 10.6 Å². The van der Waals surface area contributed by atoms with E-state index in [0.717, 1.165) is 11.1 Å². The smallest absolute Gasteiger partial charge is 0.223 e. The Hall–Kier alpha value is -1.81. The minimum atomic E-state index is 0.179. The van der Waals surface area contributed by atoms with E-state index in [1.165, 1.54) is 0 Å². The summed E-state index contributed by atoms with van der Waals surface area (Å²) in [5.41, 5.74) is 7.38. The molecule has 17 heavy (non-hydrogen) atoms. The molecule has 0 spiro atoms. The molecule has 0 aliphatic heterocycles. The Morgan fingerprint density at radius 3 is 2.35 bits per heavy atom. The lowest BCUT2D eigenvalue weighted by molar-refractivity contribution is 1.05. The highest BCUT2D eigenvalue weighted by Gasteiger charge is 2.15. The van der Waals surface area contributed by atoms with Crippen molar-refractivity contribution >= 4 is 23.4 Å². The molecule has 0 aliphatic carbocycles. The Morgan fingerprint density at radius 2 is 1.76 bits per heavy atom. The van der Waals surface area contributed by atoms with Crippen LogP contribution in [0.4, 0.5) is 11.8 Å². The standard InChI is InChI=1S/C12H13ClN4/c1-17(2)11-9(8-6-4-3-5-7-8)10(13)15-12(14)16-11/h3-7H,1-2H3,(H2,14,15,16). The molecule has 2 aromatic rings. The quantitative estimate of drug-likeness (QED) is 0.830. The van der Waals surface area contributed by atoms with E-state index < -0.39 is 0 Å². The van der Waals surface area contributed by atoms with Gasteiger partial charge in [-0.25, -0.2) is 4.98 Å². The third-order valence-corrected chi connectivity index (χ3v) is 2.62. The van der Waals surface area contributed by atoms with Crippen LogP contribution >= 0.6 is 11.6 Å². The van der Waals surface area contributed by atoms with Crippen molar-refractivity contribution in [2.24, 2.45) is 0 Å². The number of aromatic nitrogens is 2. The average molecular weight is 249 g/mol. The molecule has 0 saturated carbocycles. The first kappa shape index (κ1) is 11.7. The van der Waals surface area contributed by atoms with Crippen molar-refractivity contribution in [2.75, 3.05) is 24.7 Å². The van der Waals surface area contributed by atoms with Crippen LogP contribution in [-0.4, -0.2) is 24.1 Å². The normalized spacial score (nSPS) is 10.3. The van der Waals surface area contributed by atoms with Crippen LogP contribution in [0.3, 0.4) is 0 Å². The summed E-state index contributed by atoms with van der Waals surface area (Å²) in [7, 11) is 3.79. The molecule has 0 fully saturated rings. The lowest BCUT2D eigenvalue weighted by Gasteiger charge is -2.17. The number of hydrogen-bond acceptors (Lipinski definition) is 4. The second-order valence-corrected chi connectivity index (χ2v) is 4.19. The van der Waals surface area contributed by atoms with Gasteiger partial charge in [0.15, 0.2) is 0 Å². The molecule has 0 bridgehead atoms. The molecule has 0 amide bonds. The van der Waals surface area contributed by atoms with Gasteiger partial charge in [-0.2, -0.15) is 4.98 Å². The maximum atomic E-state index is 6.16. The Labute approximate surface area is 105 Å². The van der Waals surface area contributed by atoms with Crippen molar-refractivity contribution in [3.05, 3.63) is 35.5 Å². The van der Waals surface area contributed by atoms with Gasteiger partial charge in [0.1, 0.15) is 11.0 Å². The largest absolute Gasteiger partial charge is 0.368 e. The lowest BCUT2D eigenvalue weighted by Crippen LogP contribution is -2.14. The van der Waals surface area contributed by atoms with Gasteiger partial charge >= 0.3 is 0 Å². The fourth-order valence-electron chi connectivity index (χ4n) is 1.61. The lowest BCUT2D eigenvalue weighted by atomic mass is 10.1. The van der Waals surface area contributed by atoms with Crippen molar-refractivity contribution < 1.29 is 0 Å². The molecule has 0 unspecified atom stereocenters. The van der Waals surface area contributed by atoms with E-state index in [9.17, 15) is 0 Å². The summed E-state index contributed by atoms with van der Waals surface area (Å²) in [4.78, 5) is 10.1. The number of benzene rings is 1. The van der Waals surface area contributed by atoms with E-state index in [0.29, 0.717) is 11.0 Å². The number of nitrogen functional groups attached to an aromatic ring is 1. The minimum absolute atomic E-state index is 0.179. The van der Waals surface area contributed by atoms with Crippen molar-refractivity contribution in [1.82, 2.24) is 9.97 Å². The van der Waals surface area contributed by atoms with E-state index in [1.807, 2.05) is 49.3 Å². The van der Waals surface area contributed by atoms with Gasteiger partial charge in [-0.1, -0.05) is 41.9 Å². The summed E-state index contributed by atoms with van der Waals surface area (Å²) in [6.45, 7) is 0. The predicted molar refractivity (Wildman–Crippen MR) is 71.2 cm³/mol. The van der Waals surface area contributed by atoms with E-state index in [-0.39, 0.29) is 5.95 Å². The third-order valence-electron chi connectivity index (χ3n) is 2.35. The number of halogens is 1. The SMILES string of the molecule is CN(C)c1nc(N)nc(Cl)c1-c1ccccc1. The summed E-state index contributed by atoms with van der Waals surface area (Å²) in [6, 6.07) is 9.77. The van der Waals surface area contributed by atoms with E-state index in [2.05, 4.69) is 9.97 Å². The number of nitrogens with two attached hydrogens (primary N) is 1. The highest BCUT2D eigenvalue weighted by Crippen LogP contribution is 2.34. The van der Waals surface area contributed by atoms with Crippen LogP contribution in [0.2, 0.25) is 5.15 Å². The number of anilines is 2. The van der Waals surface area contributed by atoms with E-state index >= 15 is 0 Å². The Balaban J connectivity index is 2.68. The van der Waals surface area contributed by atoms with E-state index in [4.69, 9.17) is 17.3 Å². The van der Waals surface area contributed by atoms with Crippen molar-refractivity contribution in [1.29, 1.82) is 0 Å². The van der Waals surface area contributed by atoms with Crippen LogP contribution in [0.5, 0.6) is 0 Å². The second kappa shape index (κ2) is 4.59. The summed E-state index contributed by atoms with van der Waals surface area (Å²) in [6.07, 6.45) is 0. The molecule has 4 nitrogen and oxygen atoms in total. The molecule has 88 valence electrons. The Kier molecular flexibility index (Phi) is 3.15. The molecule has 2 rings (SSSR count). The van der Waals surface area contributed by atoms with Crippen molar-refractivity contribution in [3.8, 4) is 11.1 Å².